The van der Waals surface area contributed by atoms with Crippen molar-refractivity contribution in [1.29, 1.82) is 0 Å². The van der Waals surface area contributed by atoms with Crippen molar-refractivity contribution in [2.24, 2.45) is 28.6 Å². The summed E-state index contributed by atoms with van der Waals surface area (Å²) in [4.78, 5) is 36.5. The third-order valence-corrected chi connectivity index (χ3v) is 10.2. The van der Waals surface area contributed by atoms with E-state index in [9.17, 15) is 9.59 Å². The van der Waals surface area contributed by atoms with E-state index in [2.05, 4.69) is 24.9 Å². The van der Waals surface area contributed by atoms with Gasteiger partial charge in [-0.2, -0.15) is 0 Å². The minimum absolute atomic E-state index is 0.00000225. The fourth-order valence-electron chi connectivity index (χ4n) is 8.64. The standard InChI is InChI=1S/C27H34N4O2/c1-16(32)31-24(29-21-6-5-15-28-25(21)31)20-9-8-18-17-7-10-22-27(3,14-12-23(33)30(22)4)19(17)11-13-26(18,20)2/h5-6,12,14-15,17-20,22H,7-11,13H2,1-4H3/t17?,18-,19?,20+,22+,26-,27+/m0/s1. The number of carbonyl (C=O) groups excluding carboxylic acids is 2. The van der Waals surface area contributed by atoms with Crippen molar-refractivity contribution in [2.45, 2.75) is 71.3 Å². The predicted octanol–water partition coefficient (Wildman–Crippen LogP) is 4.81. The Morgan fingerprint density at radius 3 is 2.73 bits per heavy atom. The first-order valence-corrected chi connectivity index (χ1v) is 12.6. The van der Waals surface area contributed by atoms with Crippen LogP contribution in [0.2, 0.25) is 0 Å². The molecule has 33 heavy (non-hydrogen) atoms. The van der Waals surface area contributed by atoms with E-state index in [1.165, 1.54) is 19.3 Å². The molecule has 1 amide bonds. The van der Waals surface area contributed by atoms with E-state index in [1.807, 2.05) is 30.2 Å². The smallest absolute Gasteiger partial charge is 0.246 e. The number of amides is 1. The Labute approximate surface area is 195 Å². The molecule has 0 saturated heterocycles. The molecule has 0 N–H and O–H groups in total. The summed E-state index contributed by atoms with van der Waals surface area (Å²) in [6.07, 6.45) is 12.7. The van der Waals surface area contributed by atoms with Crippen LogP contribution >= 0.6 is 0 Å². The number of likely N-dealkylation sites (N-methyl/N-ethyl adjacent to an activating group) is 1. The number of carbonyl (C=O) groups is 2. The normalized spacial score (nSPS) is 39.9. The quantitative estimate of drug-likeness (QED) is 0.630. The molecule has 4 aliphatic rings. The lowest BCUT2D eigenvalue weighted by atomic mass is 9.47. The van der Waals surface area contributed by atoms with E-state index in [-0.39, 0.29) is 28.6 Å². The van der Waals surface area contributed by atoms with Gasteiger partial charge >= 0.3 is 0 Å². The second-order valence-corrected chi connectivity index (χ2v) is 11.5. The number of hydrogen-bond acceptors (Lipinski definition) is 4. The van der Waals surface area contributed by atoms with Gasteiger partial charge in [0.2, 0.25) is 11.8 Å². The van der Waals surface area contributed by atoms with Crippen molar-refractivity contribution < 1.29 is 9.59 Å². The maximum absolute atomic E-state index is 12.7. The van der Waals surface area contributed by atoms with Crippen LogP contribution < -0.4 is 0 Å². The molecular formula is C27H34N4O2. The SMILES string of the molecule is CC(=O)n1c([C@H]2CC[C@H]3C4CC[C@H]5N(C)C(=O)C=C[C@]5(C)C4CC[C@]23C)nc2cccnc21. The number of fused-ring (bicyclic) bond motifs is 6. The first-order valence-electron chi connectivity index (χ1n) is 12.6. The predicted molar refractivity (Wildman–Crippen MR) is 127 cm³/mol. The van der Waals surface area contributed by atoms with Crippen LogP contribution in [0.15, 0.2) is 30.5 Å². The van der Waals surface area contributed by atoms with E-state index in [4.69, 9.17) is 4.98 Å². The molecule has 2 unspecified atom stereocenters. The molecule has 3 aliphatic carbocycles. The highest BCUT2D eigenvalue weighted by atomic mass is 16.2. The van der Waals surface area contributed by atoms with Gasteiger partial charge in [-0.15, -0.1) is 0 Å². The van der Waals surface area contributed by atoms with Crippen LogP contribution in [0.4, 0.5) is 0 Å². The molecule has 6 rings (SSSR count). The van der Waals surface area contributed by atoms with Crippen molar-refractivity contribution in [3.8, 4) is 0 Å². The summed E-state index contributed by atoms with van der Waals surface area (Å²) in [5, 5.41) is 0. The van der Waals surface area contributed by atoms with Gasteiger partial charge in [0.1, 0.15) is 11.3 Å². The lowest BCUT2D eigenvalue weighted by Gasteiger charge is -2.60. The lowest BCUT2D eigenvalue weighted by molar-refractivity contribution is -0.138. The third-order valence-electron chi connectivity index (χ3n) is 10.2. The van der Waals surface area contributed by atoms with Gasteiger partial charge in [0.05, 0.1) is 0 Å². The van der Waals surface area contributed by atoms with Crippen LogP contribution in [0.1, 0.15) is 75.8 Å². The van der Waals surface area contributed by atoms with Gasteiger partial charge in [-0.1, -0.05) is 19.9 Å². The molecule has 0 bridgehead atoms. The molecular weight excluding hydrogens is 412 g/mol. The highest BCUT2D eigenvalue weighted by Gasteiger charge is 2.61. The lowest BCUT2D eigenvalue weighted by Crippen LogP contribution is -2.59. The number of hydrogen-bond donors (Lipinski definition) is 0. The van der Waals surface area contributed by atoms with Gasteiger partial charge in [-0.05, 0) is 79.9 Å². The molecule has 174 valence electrons. The Balaban J connectivity index is 1.38. The fourth-order valence-corrected chi connectivity index (χ4v) is 8.64. The number of rotatable bonds is 1. The Kier molecular flexibility index (Phi) is 4.47. The molecule has 6 heteroatoms. The summed E-state index contributed by atoms with van der Waals surface area (Å²) in [6.45, 7) is 6.48. The van der Waals surface area contributed by atoms with Crippen molar-refractivity contribution in [3.05, 3.63) is 36.3 Å². The molecule has 0 radical (unpaired) electrons. The summed E-state index contributed by atoms with van der Waals surface area (Å²) >= 11 is 0. The van der Waals surface area contributed by atoms with Crippen molar-refractivity contribution in [2.75, 3.05) is 7.05 Å². The van der Waals surface area contributed by atoms with Crippen molar-refractivity contribution in [3.63, 3.8) is 0 Å². The van der Waals surface area contributed by atoms with Crippen LogP contribution in [0, 0.1) is 28.6 Å². The minimum atomic E-state index is 0.00000225. The second kappa shape index (κ2) is 7.00. The summed E-state index contributed by atoms with van der Waals surface area (Å²) in [5.74, 6) is 3.24. The second-order valence-electron chi connectivity index (χ2n) is 11.5. The van der Waals surface area contributed by atoms with E-state index >= 15 is 0 Å². The topological polar surface area (TPSA) is 68.1 Å². The van der Waals surface area contributed by atoms with Crippen molar-refractivity contribution in [1.82, 2.24) is 19.4 Å². The fraction of sp³-hybridized carbons (Fsp3) is 0.630. The van der Waals surface area contributed by atoms with E-state index in [1.54, 1.807) is 17.7 Å². The Morgan fingerprint density at radius 1 is 1.12 bits per heavy atom. The maximum atomic E-state index is 12.7. The zero-order valence-electron chi connectivity index (χ0n) is 20.1. The third kappa shape index (κ3) is 2.72. The van der Waals surface area contributed by atoms with Gasteiger partial charge in [0, 0.05) is 37.5 Å². The Bertz CT molecular complexity index is 1180. The minimum Gasteiger partial charge on any atom is -0.338 e. The van der Waals surface area contributed by atoms with Crippen LogP contribution in [-0.4, -0.2) is 44.3 Å². The van der Waals surface area contributed by atoms with Crippen LogP contribution in [0.25, 0.3) is 11.2 Å². The largest absolute Gasteiger partial charge is 0.338 e. The van der Waals surface area contributed by atoms with Crippen LogP contribution in [-0.2, 0) is 4.79 Å². The highest BCUT2D eigenvalue weighted by Crippen LogP contribution is 2.67. The zero-order valence-corrected chi connectivity index (χ0v) is 20.1. The van der Waals surface area contributed by atoms with Gasteiger partial charge in [-0.3, -0.25) is 9.59 Å². The molecule has 0 spiro atoms. The number of aromatic nitrogens is 3. The number of nitrogens with zero attached hydrogens (tertiary/aromatic N) is 4. The Morgan fingerprint density at radius 2 is 1.94 bits per heavy atom. The van der Waals surface area contributed by atoms with E-state index < -0.39 is 0 Å². The molecule has 3 heterocycles. The highest BCUT2D eigenvalue weighted by molar-refractivity contribution is 5.89. The first-order chi connectivity index (χ1) is 15.8. The summed E-state index contributed by atoms with van der Waals surface area (Å²) in [7, 11) is 1.98. The number of imidazole rings is 1. The maximum Gasteiger partial charge on any atom is 0.246 e. The molecule has 2 aromatic rings. The molecule has 3 fully saturated rings. The monoisotopic (exact) mass is 446 g/mol. The summed E-state index contributed by atoms with van der Waals surface area (Å²) < 4.78 is 1.78. The average molecular weight is 447 g/mol. The molecule has 6 nitrogen and oxygen atoms in total. The Hall–Kier alpha value is -2.50. The summed E-state index contributed by atoms with van der Waals surface area (Å²) in [6, 6.07) is 4.17. The van der Waals surface area contributed by atoms with Gasteiger partial charge in [-0.25, -0.2) is 14.5 Å². The van der Waals surface area contributed by atoms with Crippen LogP contribution in [0.5, 0.6) is 0 Å². The molecule has 0 aromatic carbocycles. The van der Waals surface area contributed by atoms with Gasteiger partial charge in [0.25, 0.3) is 0 Å². The molecule has 2 aromatic heterocycles. The van der Waals surface area contributed by atoms with E-state index in [0.29, 0.717) is 29.4 Å². The average Bonchev–Trinajstić information content (AvgIpc) is 3.34. The summed E-state index contributed by atoms with van der Waals surface area (Å²) in [5.41, 5.74) is 1.70. The molecule has 7 atom stereocenters. The first kappa shape index (κ1) is 21.1. The van der Waals surface area contributed by atoms with Gasteiger partial charge < -0.3 is 4.90 Å². The molecule has 1 aliphatic heterocycles. The van der Waals surface area contributed by atoms with Crippen molar-refractivity contribution >= 4 is 23.0 Å². The number of pyridine rings is 1. The van der Waals surface area contributed by atoms with Gasteiger partial charge in [0.15, 0.2) is 5.65 Å². The molecule has 3 saturated carbocycles. The van der Waals surface area contributed by atoms with E-state index in [0.717, 1.165) is 30.6 Å². The zero-order chi connectivity index (χ0) is 23.1. The van der Waals surface area contributed by atoms with Crippen LogP contribution in [0.3, 0.4) is 0 Å².